The molecule has 0 amide bonds. The predicted octanol–water partition coefficient (Wildman–Crippen LogP) is 1.14. The summed E-state index contributed by atoms with van der Waals surface area (Å²) in [6, 6.07) is 2.09. The van der Waals surface area contributed by atoms with E-state index in [0.29, 0.717) is 0 Å². The van der Waals surface area contributed by atoms with Crippen LogP contribution in [0.2, 0.25) is 0 Å². The molecule has 0 spiro atoms. The Hall–Kier alpha value is -1.16. The van der Waals surface area contributed by atoms with Crippen LogP contribution >= 0.6 is 0 Å². The average Bonchev–Trinajstić information content (AvgIpc) is 2.29. The van der Waals surface area contributed by atoms with Crippen LogP contribution in [0, 0.1) is 6.92 Å². The Balaban J connectivity index is 2.20. The SMILES string of the molecule is Cc1ccnc(N2CCCCC2CO)n1. The van der Waals surface area contributed by atoms with Crippen LogP contribution in [0.4, 0.5) is 5.95 Å². The van der Waals surface area contributed by atoms with Gasteiger partial charge in [-0.2, -0.15) is 0 Å². The summed E-state index contributed by atoms with van der Waals surface area (Å²) in [7, 11) is 0. The van der Waals surface area contributed by atoms with Gasteiger partial charge in [0, 0.05) is 18.4 Å². The largest absolute Gasteiger partial charge is 0.394 e. The normalized spacial score (nSPS) is 21.7. The Morgan fingerprint density at radius 3 is 3.13 bits per heavy atom. The topological polar surface area (TPSA) is 49.2 Å². The molecule has 0 bridgehead atoms. The van der Waals surface area contributed by atoms with Gasteiger partial charge in [-0.1, -0.05) is 0 Å². The van der Waals surface area contributed by atoms with Crippen LogP contribution in [0.3, 0.4) is 0 Å². The van der Waals surface area contributed by atoms with Gasteiger partial charge in [0.25, 0.3) is 0 Å². The third-order valence-electron chi connectivity index (χ3n) is 2.88. The first-order valence-corrected chi connectivity index (χ1v) is 5.48. The highest BCUT2D eigenvalue weighted by atomic mass is 16.3. The van der Waals surface area contributed by atoms with Crippen LogP contribution in [0.15, 0.2) is 12.3 Å². The summed E-state index contributed by atoms with van der Waals surface area (Å²) in [6.45, 7) is 3.11. The summed E-state index contributed by atoms with van der Waals surface area (Å²) in [6.07, 6.45) is 5.16. The molecule has 0 aliphatic carbocycles. The van der Waals surface area contributed by atoms with Crippen LogP contribution in [0.1, 0.15) is 25.0 Å². The van der Waals surface area contributed by atoms with Crippen molar-refractivity contribution in [3.8, 4) is 0 Å². The molecule has 1 N–H and O–H groups in total. The second kappa shape index (κ2) is 4.57. The summed E-state index contributed by atoms with van der Waals surface area (Å²) in [5.41, 5.74) is 0.974. The minimum atomic E-state index is 0.192. The maximum Gasteiger partial charge on any atom is 0.225 e. The molecule has 2 heterocycles. The maximum absolute atomic E-state index is 9.29. The van der Waals surface area contributed by atoms with Gasteiger partial charge in [-0.25, -0.2) is 9.97 Å². The highest BCUT2D eigenvalue weighted by Gasteiger charge is 2.23. The van der Waals surface area contributed by atoms with Gasteiger partial charge in [-0.15, -0.1) is 0 Å². The van der Waals surface area contributed by atoms with Crippen molar-refractivity contribution in [1.29, 1.82) is 0 Å². The second-order valence-electron chi connectivity index (χ2n) is 4.02. The molecule has 15 heavy (non-hydrogen) atoms. The molecule has 1 atom stereocenters. The van der Waals surface area contributed by atoms with Crippen molar-refractivity contribution in [3.63, 3.8) is 0 Å². The number of hydrogen-bond acceptors (Lipinski definition) is 4. The summed E-state index contributed by atoms with van der Waals surface area (Å²) < 4.78 is 0. The van der Waals surface area contributed by atoms with E-state index in [4.69, 9.17) is 0 Å². The van der Waals surface area contributed by atoms with Gasteiger partial charge in [0.05, 0.1) is 12.6 Å². The van der Waals surface area contributed by atoms with E-state index in [2.05, 4.69) is 14.9 Å². The van der Waals surface area contributed by atoms with Gasteiger partial charge < -0.3 is 10.0 Å². The Kier molecular flexibility index (Phi) is 3.16. The van der Waals surface area contributed by atoms with E-state index in [1.54, 1.807) is 6.20 Å². The van der Waals surface area contributed by atoms with E-state index < -0.39 is 0 Å². The highest BCUT2D eigenvalue weighted by molar-refractivity contribution is 5.32. The molecule has 4 heteroatoms. The zero-order valence-corrected chi connectivity index (χ0v) is 9.06. The first kappa shape index (κ1) is 10.4. The van der Waals surface area contributed by atoms with Gasteiger partial charge in [-0.05, 0) is 32.3 Å². The molecule has 1 aromatic heterocycles. The molecule has 1 aliphatic heterocycles. The molecule has 2 rings (SSSR count). The third-order valence-corrected chi connectivity index (χ3v) is 2.88. The standard InChI is InChI=1S/C11H17N3O/c1-9-5-6-12-11(13-9)14-7-3-2-4-10(14)8-15/h5-6,10,15H,2-4,7-8H2,1H3. The minimum Gasteiger partial charge on any atom is -0.394 e. The van der Waals surface area contributed by atoms with Crippen molar-refractivity contribution in [2.45, 2.75) is 32.2 Å². The molecule has 1 aliphatic rings. The maximum atomic E-state index is 9.29. The Labute approximate surface area is 90.0 Å². The van der Waals surface area contributed by atoms with E-state index in [0.717, 1.165) is 31.0 Å². The number of aliphatic hydroxyl groups is 1. The van der Waals surface area contributed by atoms with E-state index in [1.165, 1.54) is 6.42 Å². The fourth-order valence-corrected chi connectivity index (χ4v) is 2.03. The first-order chi connectivity index (χ1) is 7.31. The van der Waals surface area contributed by atoms with Gasteiger partial charge in [-0.3, -0.25) is 0 Å². The van der Waals surface area contributed by atoms with Crippen LogP contribution in [-0.4, -0.2) is 34.3 Å². The van der Waals surface area contributed by atoms with E-state index >= 15 is 0 Å². The van der Waals surface area contributed by atoms with Gasteiger partial charge in [0.1, 0.15) is 0 Å². The quantitative estimate of drug-likeness (QED) is 0.790. The number of piperidine rings is 1. The first-order valence-electron chi connectivity index (χ1n) is 5.48. The summed E-state index contributed by atoms with van der Waals surface area (Å²) >= 11 is 0. The summed E-state index contributed by atoms with van der Waals surface area (Å²) in [5.74, 6) is 0.758. The van der Waals surface area contributed by atoms with Crippen LogP contribution in [-0.2, 0) is 0 Å². The van der Waals surface area contributed by atoms with E-state index in [1.807, 2.05) is 13.0 Å². The Morgan fingerprint density at radius 1 is 1.53 bits per heavy atom. The average molecular weight is 207 g/mol. The number of rotatable bonds is 2. The molecule has 4 nitrogen and oxygen atoms in total. The lowest BCUT2D eigenvalue weighted by Crippen LogP contribution is -2.42. The molecule has 0 saturated carbocycles. The van der Waals surface area contributed by atoms with Crippen molar-refractivity contribution in [2.75, 3.05) is 18.1 Å². The zero-order chi connectivity index (χ0) is 10.7. The van der Waals surface area contributed by atoms with E-state index in [9.17, 15) is 5.11 Å². The lowest BCUT2D eigenvalue weighted by molar-refractivity contribution is 0.238. The molecule has 1 aromatic rings. The number of hydrogen-bond donors (Lipinski definition) is 1. The highest BCUT2D eigenvalue weighted by Crippen LogP contribution is 2.21. The summed E-state index contributed by atoms with van der Waals surface area (Å²) in [5, 5.41) is 9.29. The predicted molar refractivity (Wildman–Crippen MR) is 58.8 cm³/mol. The number of aromatic nitrogens is 2. The molecule has 1 saturated heterocycles. The Bertz CT molecular complexity index is 329. The minimum absolute atomic E-state index is 0.192. The number of nitrogens with zero attached hydrogens (tertiary/aromatic N) is 3. The van der Waals surface area contributed by atoms with Gasteiger partial charge in [0.15, 0.2) is 0 Å². The second-order valence-corrected chi connectivity index (χ2v) is 4.02. The molecule has 0 aromatic carbocycles. The van der Waals surface area contributed by atoms with Crippen molar-refractivity contribution >= 4 is 5.95 Å². The van der Waals surface area contributed by atoms with E-state index in [-0.39, 0.29) is 12.6 Å². The molecular weight excluding hydrogens is 190 g/mol. The van der Waals surface area contributed by atoms with Crippen LogP contribution in [0.25, 0.3) is 0 Å². The molecule has 82 valence electrons. The molecule has 1 unspecified atom stereocenters. The monoisotopic (exact) mass is 207 g/mol. The van der Waals surface area contributed by atoms with Crippen LogP contribution in [0.5, 0.6) is 0 Å². The van der Waals surface area contributed by atoms with Crippen LogP contribution < -0.4 is 4.90 Å². The molecule has 1 fully saturated rings. The number of aliphatic hydroxyl groups excluding tert-OH is 1. The van der Waals surface area contributed by atoms with Crippen molar-refractivity contribution < 1.29 is 5.11 Å². The summed E-state index contributed by atoms with van der Waals surface area (Å²) in [4.78, 5) is 10.8. The van der Waals surface area contributed by atoms with Crippen molar-refractivity contribution in [3.05, 3.63) is 18.0 Å². The fraction of sp³-hybridized carbons (Fsp3) is 0.636. The fourth-order valence-electron chi connectivity index (χ4n) is 2.03. The lowest BCUT2D eigenvalue weighted by atomic mass is 10.0. The number of aryl methyl sites for hydroxylation is 1. The smallest absolute Gasteiger partial charge is 0.225 e. The van der Waals surface area contributed by atoms with Gasteiger partial charge in [0.2, 0.25) is 5.95 Å². The van der Waals surface area contributed by atoms with Crippen molar-refractivity contribution in [2.24, 2.45) is 0 Å². The van der Waals surface area contributed by atoms with Crippen molar-refractivity contribution in [1.82, 2.24) is 9.97 Å². The van der Waals surface area contributed by atoms with Gasteiger partial charge >= 0.3 is 0 Å². The Morgan fingerprint density at radius 2 is 2.40 bits per heavy atom. The molecule has 0 radical (unpaired) electrons. The molecular formula is C11H17N3O. The lowest BCUT2D eigenvalue weighted by Gasteiger charge is -2.34. The zero-order valence-electron chi connectivity index (χ0n) is 9.06. The third kappa shape index (κ3) is 2.26. The number of anilines is 1.